The van der Waals surface area contributed by atoms with Gasteiger partial charge in [-0.3, -0.25) is 14.2 Å². The lowest BCUT2D eigenvalue weighted by Crippen LogP contribution is -2.26. The van der Waals surface area contributed by atoms with E-state index in [1.165, 1.54) is 35.2 Å². The summed E-state index contributed by atoms with van der Waals surface area (Å²) >= 11 is 2.56. The smallest absolute Gasteiger partial charge is 0.272 e. The van der Waals surface area contributed by atoms with E-state index in [0.717, 1.165) is 11.1 Å². The molecule has 0 aliphatic rings. The highest BCUT2D eigenvalue weighted by atomic mass is 32.2. The average Bonchev–Trinajstić information content (AvgIpc) is 3.28. The van der Waals surface area contributed by atoms with E-state index in [0.29, 0.717) is 34.2 Å². The zero-order valence-corrected chi connectivity index (χ0v) is 18.8. The van der Waals surface area contributed by atoms with Crippen LogP contribution in [0.2, 0.25) is 0 Å². The molecule has 4 aromatic rings. The number of methoxy groups -OCH3 is 1. The van der Waals surface area contributed by atoms with Gasteiger partial charge in [0, 0.05) is 6.54 Å². The Hall–Kier alpha value is -3.17. The molecule has 0 atom stereocenters. The highest BCUT2D eigenvalue weighted by molar-refractivity contribution is 7.99. The molecule has 0 spiro atoms. The molecule has 1 N–H and O–H groups in total. The van der Waals surface area contributed by atoms with Crippen molar-refractivity contribution in [1.82, 2.24) is 14.9 Å². The SMILES string of the molecule is COc1cccc(Cn2c(SCC(=O)NCc3ccc(F)cc3)nc3ccsc3c2=O)c1. The number of benzene rings is 2. The van der Waals surface area contributed by atoms with Crippen molar-refractivity contribution in [2.24, 2.45) is 0 Å². The molecule has 2 heterocycles. The van der Waals surface area contributed by atoms with Crippen molar-refractivity contribution >= 4 is 39.2 Å². The number of ether oxygens (including phenoxy) is 1. The first-order chi connectivity index (χ1) is 15.5. The Morgan fingerprint density at radius 2 is 2.00 bits per heavy atom. The molecule has 0 aliphatic carbocycles. The highest BCUT2D eigenvalue weighted by Gasteiger charge is 2.15. The summed E-state index contributed by atoms with van der Waals surface area (Å²) in [7, 11) is 1.59. The summed E-state index contributed by atoms with van der Waals surface area (Å²) in [6, 6.07) is 15.3. The topological polar surface area (TPSA) is 73.2 Å². The Kier molecular flexibility index (Phi) is 6.87. The Bertz CT molecular complexity index is 1300. The molecule has 0 bridgehead atoms. The van der Waals surface area contributed by atoms with E-state index >= 15 is 0 Å². The van der Waals surface area contributed by atoms with E-state index in [1.54, 1.807) is 29.9 Å². The molecule has 9 heteroatoms. The molecular formula is C23H20FN3O3S2. The van der Waals surface area contributed by atoms with E-state index < -0.39 is 0 Å². The first kappa shape index (κ1) is 22.0. The van der Waals surface area contributed by atoms with Crippen LogP contribution in [-0.4, -0.2) is 28.3 Å². The van der Waals surface area contributed by atoms with Crippen LogP contribution < -0.4 is 15.6 Å². The molecular weight excluding hydrogens is 449 g/mol. The number of hydrogen-bond acceptors (Lipinski definition) is 6. The Labute approximate surface area is 192 Å². The molecule has 0 saturated carbocycles. The van der Waals surface area contributed by atoms with E-state index in [-0.39, 0.29) is 23.0 Å². The summed E-state index contributed by atoms with van der Waals surface area (Å²) in [4.78, 5) is 30.1. The number of amides is 1. The van der Waals surface area contributed by atoms with Gasteiger partial charge in [-0.25, -0.2) is 9.37 Å². The van der Waals surface area contributed by atoms with Crippen molar-refractivity contribution in [3.05, 3.63) is 87.3 Å². The number of carbonyl (C=O) groups is 1. The van der Waals surface area contributed by atoms with Gasteiger partial charge in [-0.05, 0) is 46.8 Å². The molecule has 1 amide bonds. The van der Waals surface area contributed by atoms with Crippen LogP contribution in [-0.2, 0) is 17.9 Å². The Morgan fingerprint density at radius 1 is 1.19 bits per heavy atom. The van der Waals surface area contributed by atoms with Gasteiger partial charge in [0.1, 0.15) is 16.3 Å². The molecule has 164 valence electrons. The predicted octanol–water partition coefficient (Wildman–Crippen LogP) is 4.06. The van der Waals surface area contributed by atoms with Crippen LogP contribution in [0.3, 0.4) is 0 Å². The number of halogens is 1. The fraction of sp³-hybridized carbons (Fsp3) is 0.174. The first-order valence-electron chi connectivity index (χ1n) is 9.78. The summed E-state index contributed by atoms with van der Waals surface area (Å²) in [6.07, 6.45) is 0. The van der Waals surface area contributed by atoms with Crippen molar-refractivity contribution < 1.29 is 13.9 Å². The minimum absolute atomic E-state index is 0.0986. The molecule has 2 aromatic heterocycles. The lowest BCUT2D eigenvalue weighted by atomic mass is 10.2. The molecule has 0 aliphatic heterocycles. The van der Waals surface area contributed by atoms with Gasteiger partial charge in [0.25, 0.3) is 5.56 Å². The van der Waals surface area contributed by atoms with Gasteiger partial charge in [-0.2, -0.15) is 0 Å². The molecule has 0 saturated heterocycles. The maximum atomic E-state index is 13.1. The number of thioether (sulfide) groups is 1. The maximum absolute atomic E-state index is 13.1. The second kappa shape index (κ2) is 9.97. The fourth-order valence-electron chi connectivity index (χ4n) is 3.11. The third kappa shape index (κ3) is 5.17. The number of fused-ring (bicyclic) bond motifs is 1. The standard InChI is InChI=1S/C23H20FN3O3S2/c1-30-18-4-2-3-16(11-18)13-27-22(29)21-19(9-10-31-21)26-23(27)32-14-20(28)25-12-15-5-7-17(24)8-6-15/h2-11H,12-14H2,1H3,(H,25,28). The monoisotopic (exact) mass is 469 g/mol. The van der Waals surface area contributed by atoms with E-state index in [1.807, 2.05) is 29.6 Å². The molecule has 4 rings (SSSR count). The molecule has 2 aromatic carbocycles. The van der Waals surface area contributed by atoms with Gasteiger partial charge in [0.05, 0.1) is 24.9 Å². The van der Waals surface area contributed by atoms with Gasteiger partial charge >= 0.3 is 0 Å². The lowest BCUT2D eigenvalue weighted by Gasteiger charge is -2.13. The van der Waals surface area contributed by atoms with Crippen molar-refractivity contribution in [1.29, 1.82) is 0 Å². The zero-order chi connectivity index (χ0) is 22.5. The maximum Gasteiger partial charge on any atom is 0.272 e. The summed E-state index contributed by atoms with van der Waals surface area (Å²) in [5, 5.41) is 5.11. The number of carbonyl (C=O) groups excluding carboxylic acids is 1. The van der Waals surface area contributed by atoms with Gasteiger partial charge < -0.3 is 10.1 Å². The third-order valence-electron chi connectivity index (χ3n) is 4.74. The van der Waals surface area contributed by atoms with Crippen LogP contribution in [0.15, 0.2) is 69.9 Å². The summed E-state index contributed by atoms with van der Waals surface area (Å²) in [5.41, 5.74) is 2.18. The van der Waals surface area contributed by atoms with Crippen LogP contribution in [0.4, 0.5) is 4.39 Å². The molecule has 32 heavy (non-hydrogen) atoms. The molecule has 0 radical (unpaired) electrons. The van der Waals surface area contributed by atoms with Gasteiger partial charge in [-0.15, -0.1) is 11.3 Å². The fourth-order valence-corrected chi connectivity index (χ4v) is 4.72. The number of aromatic nitrogens is 2. The van der Waals surface area contributed by atoms with Crippen molar-refractivity contribution in [2.75, 3.05) is 12.9 Å². The molecule has 0 fully saturated rings. The normalized spacial score (nSPS) is 10.9. The average molecular weight is 470 g/mol. The summed E-state index contributed by atoms with van der Waals surface area (Å²) in [6.45, 7) is 0.615. The van der Waals surface area contributed by atoms with Crippen LogP contribution >= 0.6 is 23.1 Å². The van der Waals surface area contributed by atoms with E-state index in [2.05, 4.69) is 10.3 Å². The first-order valence-corrected chi connectivity index (χ1v) is 11.6. The van der Waals surface area contributed by atoms with E-state index in [4.69, 9.17) is 4.74 Å². The number of hydrogen-bond donors (Lipinski definition) is 1. The second-order valence-corrected chi connectivity index (χ2v) is 8.82. The third-order valence-corrected chi connectivity index (χ3v) is 6.61. The zero-order valence-electron chi connectivity index (χ0n) is 17.2. The quantitative estimate of drug-likeness (QED) is 0.311. The minimum Gasteiger partial charge on any atom is -0.497 e. The minimum atomic E-state index is -0.320. The van der Waals surface area contributed by atoms with Gasteiger partial charge in [0.2, 0.25) is 5.91 Å². The van der Waals surface area contributed by atoms with E-state index in [9.17, 15) is 14.0 Å². The number of nitrogens with one attached hydrogen (secondary N) is 1. The predicted molar refractivity (Wildman–Crippen MR) is 125 cm³/mol. The largest absolute Gasteiger partial charge is 0.497 e. The molecule has 6 nitrogen and oxygen atoms in total. The van der Waals surface area contributed by atoms with Crippen LogP contribution in [0.25, 0.3) is 10.2 Å². The number of rotatable bonds is 8. The van der Waals surface area contributed by atoms with Gasteiger partial charge in [-0.1, -0.05) is 36.0 Å². The Morgan fingerprint density at radius 3 is 2.78 bits per heavy atom. The van der Waals surface area contributed by atoms with Crippen LogP contribution in [0, 0.1) is 5.82 Å². The van der Waals surface area contributed by atoms with Crippen molar-refractivity contribution in [3.63, 3.8) is 0 Å². The lowest BCUT2D eigenvalue weighted by molar-refractivity contribution is -0.118. The van der Waals surface area contributed by atoms with Crippen molar-refractivity contribution in [2.45, 2.75) is 18.2 Å². The van der Waals surface area contributed by atoms with Crippen molar-refractivity contribution in [3.8, 4) is 5.75 Å². The summed E-state index contributed by atoms with van der Waals surface area (Å²) in [5.74, 6) is 0.281. The van der Waals surface area contributed by atoms with Crippen LogP contribution in [0.5, 0.6) is 5.75 Å². The second-order valence-electron chi connectivity index (χ2n) is 6.96. The molecule has 0 unspecified atom stereocenters. The number of thiophene rings is 1. The number of nitrogens with zero attached hydrogens (tertiary/aromatic N) is 2. The van der Waals surface area contributed by atoms with Gasteiger partial charge in [0.15, 0.2) is 5.16 Å². The Balaban J connectivity index is 1.51. The summed E-state index contributed by atoms with van der Waals surface area (Å²) < 4.78 is 20.5. The highest BCUT2D eigenvalue weighted by Crippen LogP contribution is 2.22. The van der Waals surface area contributed by atoms with Crippen LogP contribution in [0.1, 0.15) is 11.1 Å².